The number of benzene rings is 2. The molecule has 2 heterocycles. The highest BCUT2D eigenvalue weighted by Gasteiger charge is 2.23. The van der Waals surface area contributed by atoms with E-state index in [1.165, 1.54) is 0 Å². The maximum absolute atomic E-state index is 12.3. The zero-order valence-corrected chi connectivity index (χ0v) is 13.7. The highest BCUT2D eigenvalue weighted by Crippen LogP contribution is 2.25. The van der Waals surface area contributed by atoms with Crippen LogP contribution in [-0.2, 0) is 4.74 Å². The van der Waals surface area contributed by atoms with E-state index in [1.807, 2.05) is 42.5 Å². The predicted molar refractivity (Wildman–Crippen MR) is 94.7 cm³/mol. The van der Waals surface area contributed by atoms with Crippen molar-refractivity contribution in [3.63, 3.8) is 0 Å². The molecule has 3 aromatic rings. The Bertz CT molecular complexity index is 923. The molecule has 1 saturated heterocycles. The summed E-state index contributed by atoms with van der Waals surface area (Å²) in [5.74, 6) is 0.584. The number of rotatable bonds is 2. The van der Waals surface area contributed by atoms with Crippen molar-refractivity contribution in [2.75, 3.05) is 24.6 Å². The third kappa shape index (κ3) is 2.88. The van der Waals surface area contributed by atoms with Gasteiger partial charge in [0.15, 0.2) is 0 Å². The fourth-order valence-electron chi connectivity index (χ4n) is 2.94. The van der Waals surface area contributed by atoms with Gasteiger partial charge in [0.1, 0.15) is 6.10 Å². The lowest BCUT2D eigenvalue weighted by atomic mass is 10.1. The molecule has 5 nitrogen and oxygen atoms in total. The number of nitrogens with zero attached hydrogens (tertiary/aromatic N) is 2. The fourth-order valence-corrected chi connectivity index (χ4v) is 3.07. The molecule has 1 N–H and O–H groups in total. The van der Waals surface area contributed by atoms with Crippen molar-refractivity contribution in [2.45, 2.75) is 6.10 Å². The first-order valence-corrected chi connectivity index (χ1v) is 8.19. The monoisotopic (exact) mass is 341 g/mol. The molecule has 0 spiro atoms. The van der Waals surface area contributed by atoms with E-state index in [0.717, 1.165) is 5.56 Å². The number of fused-ring (bicyclic) bond motifs is 1. The molecule has 0 radical (unpaired) electrons. The highest BCUT2D eigenvalue weighted by atomic mass is 35.5. The predicted octanol–water partition coefficient (Wildman–Crippen LogP) is 3.15. The number of H-pyrrole nitrogens is 1. The number of hydrogen-bond donors (Lipinski definition) is 1. The number of halogens is 1. The summed E-state index contributed by atoms with van der Waals surface area (Å²) in [4.78, 5) is 21.8. The van der Waals surface area contributed by atoms with E-state index >= 15 is 0 Å². The van der Waals surface area contributed by atoms with Gasteiger partial charge in [-0.15, -0.1) is 0 Å². The van der Waals surface area contributed by atoms with Crippen LogP contribution in [0.5, 0.6) is 0 Å². The van der Waals surface area contributed by atoms with Gasteiger partial charge in [-0.1, -0.05) is 35.9 Å². The number of para-hydroxylation sites is 1. The number of ether oxygens (including phenoxy) is 1. The van der Waals surface area contributed by atoms with E-state index in [2.05, 4.69) is 14.9 Å². The molecule has 4 rings (SSSR count). The Balaban J connectivity index is 1.64. The molecule has 24 heavy (non-hydrogen) atoms. The Labute approximate surface area is 143 Å². The van der Waals surface area contributed by atoms with E-state index in [4.69, 9.17) is 16.3 Å². The zero-order valence-electron chi connectivity index (χ0n) is 12.9. The molecule has 1 aromatic heterocycles. The summed E-state index contributed by atoms with van der Waals surface area (Å²) in [6.45, 7) is 1.89. The number of morpholine rings is 1. The quantitative estimate of drug-likeness (QED) is 0.778. The number of nitrogens with one attached hydrogen (secondary N) is 1. The van der Waals surface area contributed by atoms with Crippen LogP contribution in [0.2, 0.25) is 5.02 Å². The molecule has 0 aliphatic carbocycles. The van der Waals surface area contributed by atoms with Crippen molar-refractivity contribution < 1.29 is 4.74 Å². The molecule has 1 aliphatic rings. The van der Waals surface area contributed by atoms with Crippen LogP contribution in [-0.4, -0.2) is 29.7 Å². The topological polar surface area (TPSA) is 58.2 Å². The second kappa shape index (κ2) is 6.26. The van der Waals surface area contributed by atoms with Crippen LogP contribution in [0.15, 0.2) is 53.3 Å². The van der Waals surface area contributed by atoms with Crippen molar-refractivity contribution >= 4 is 28.5 Å². The summed E-state index contributed by atoms with van der Waals surface area (Å²) in [5.41, 5.74) is 1.64. The summed E-state index contributed by atoms with van der Waals surface area (Å²) >= 11 is 5.95. The van der Waals surface area contributed by atoms with Crippen molar-refractivity contribution in [1.82, 2.24) is 9.97 Å². The maximum Gasteiger partial charge on any atom is 0.260 e. The lowest BCUT2D eigenvalue weighted by molar-refractivity contribution is 0.0392. The molecular formula is C18H16ClN3O2. The lowest BCUT2D eigenvalue weighted by Gasteiger charge is -2.33. The van der Waals surface area contributed by atoms with Gasteiger partial charge < -0.3 is 9.64 Å². The van der Waals surface area contributed by atoms with Crippen molar-refractivity contribution in [1.29, 1.82) is 0 Å². The Morgan fingerprint density at radius 2 is 1.96 bits per heavy atom. The standard InChI is InChI=1S/C18H16ClN3O2/c19-13-7-5-12(6-8-13)16-11-22(9-10-24-16)18-20-15-4-2-1-3-14(15)17(23)21-18/h1-8,16H,9-11H2,(H,20,21,23). The second-order valence-electron chi connectivity index (χ2n) is 5.76. The van der Waals surface area contributed by atoms with Crippen LogP contribution < -0.4 is 10.5 Å². The molecule has 6 heteroatoms. The molecule has 1 unspecified atom stereocenters. The summed E-state index contributed by atoms with van der Waals surface area (Å²) in [6.07, 6.45) is -0.0761. The SMILES string of the molecule is O=c1[nH]c(N2CCOC(c3ccc(Cl)cc3)C2)nc2ccccc12. The largest absolute Gasteiger partial charge is 0.370 e. The van der Waals surface area contributed by atoms with Gasteiger partial charge in [0.2, 0.25) is 5.95 Å². The normalized spacial score (nSPS) is 18.0. The molecule has 0 amide bonds. The Kier molecular flexibility index (Phi) is 3.96. The van der Waals surface area contributed by atoms with Gasteiger partial charge in [-0.05, 0) is 29.8 Å². The molecule has 0 bridgehead atoms. The highest BCUT2D eigenvalue weighted by molar-refractivity contribution is 6.30. The zero-order chi connectivity index (χ0) is 16.5. The fraction of sp³-hybridized carbons (Fsp3) is 0.222. The molecule has 1 atom stereocenters. The molecule has 1 aliphatic heterocycles. The van der Waals surface area contributed by atoms with Crippen molar-refractivity contribution in [3.05, 3.63) is 69.5 Å². The smallest absolute Gasteiger partial charge is 0.260 e. The van der Waals surface area contributed by atoms with Gasteiger partial charge in [0.25, 0.3) is 5.56 Å². The van der Waals surface area contributed by atoms with E-state index in [0.29, 0.717) is 41.6 Å². The van der Waals surface area contributed by atoms with Crippen molar-refractivity contribution in [2.24, 2.45) is 0 Å². The number of aromatic nitrogens is 2. The van der Waals surface area contributed by atoms with Crippen LogP contribution in [0.3, 0.4) is 0 Å². The molecule has 122 valence electrons. The van der Waals surface area contributed by atoms with Gasteiger partial charge in [0.05, 0.1) is 24.1 Å². The van der Waals surface area contributed by atoms with Gasteiger partial charge in [-0.25, -0.2) is 4.98 Å². The van der Waals surface area contributed by atoms with E-state index in [9.17, 15) is 4.79 Å². The molecule has 0 saturated carbocycles. The summed E-state index contributed by atoms with van der Waals surface area (Å²) in [6, 6.07) is 15.0. The average Bonchev–Trinajstić information content (AvgIpc) is 2.62. The minimum Gasteiger partial charge on any atom is -0.370 e. The van der Waals surface area contributed by atoms with Crippen molar-refractivity contribution in [3.8, 4) is 0 Å². The van der Waals surface area contributed by atoms with E-state index in [-0.39, 0.29) is 11.7 Å². The second-order valence-corrected chi connectivity index (χ2v) is 6.20. The minimum atomic E-state index is -0.120. The van der Waals surface area contributed by atoms with E-state index in [1.54, 1.807) is 6.07 Å². The minimum absolute atomic E-state index is 0.0761. The van der Waals surface area contributed by atoms with Gasteiger partial charge >= 0.3 is 0 Å². The molecule has 2 aromatic carbocycles. The van der Waals surface area contributed by atoms with Crippen LogP contribution in [0.1, 0.15) is 11.7 Å². The Morgan fingerprint density at radius 1 is 1.17 bits per heavy atom. The molecule has 1 fully saturated rings. The maximum atomic E-state index is 12.3. The number of anilines is 1. The summed E-state index contributed by atoms with van der Waals surface area (Å²) in [5, 5.41) is 1.30. The number of hydrogen-bond acceptors (Lipinski definition) is 4. The third-order valence-corrected chi connectivity index (χ3v) is 4.46. The van der Waals surface area contributed by atoms with E-state index < -0.39 is 0 Å². The summed E-state index contributed by atoms with van der Waals surface area (Å²) in [7, 11) is 0. The van der Waals surface area contributed by atoms with Crippen LogP contribution in [0, 0.1) is 0 Å². The van der Waals surface area contributed by atoms with Gasteiger partial charge in [-0.3, -0.25) is 9.78 Å². The van der Waals surface area contributed by atoms with Crippen LogP contribution in [0.4, 0.5) is 5.95 Å². The molecular weight excluding hydrogens is 326 g/mol. The first-order valence-electron chi connectivity index (χ1n) is 7.82. The Hall–Kier alpha value is -2.37. The number of aromatic amines is 1. The Morgan fingerprint density at radius 3 is 2.79 bits per heavy atom. The van der Waals surface area contributed by atoms with Crippen LogP contribution in [0.25, 0.3) is 10.9 Å². The third-order valence-electron chi connectivity index (χ3n) is 4.21. The van der Waals surface area contributed by atoms with Gasteiger partial charge in [-0.2, -0.15) is 0 Å². The first kappa shape index (κ1) is 15.2. The van der Waals surface area contributed by atoms with Gasteiger partial charge in [0, 0.05) is 11.6 Å². The summed E-state index contributed by atoms with van der Waals surface area (Å²) < 4.78 is 5.87. The lowest BCUT2D eigenvalue weighted by Crippen LogP contribution is -2.40. The average molecular weight is 342 g/mol. The first-order chi connectivity index (χ1) is 11.7. The van der Waals surface area contributed by atoms with Crippen LogP contribution >= 0.6 is 11.6 Å².